The molecule has 1 fully saturated rings. The fraction of sp³-hybridized carbons (Fsp3) is 0.238. The summed E-state index contributed by atoms with van der Waals surface area (Å²) in [6, 6.07) is 14.3. The third-order valence-electron chi connectivity index (χ3n) is 4.98. The number of aromatic amines is 2. The third kappa shape index (κ3) is 3.78. The van der Waals surface area contributed by atoms with Gasteiger partial charge in [0.1, 0.15) is 5.82 Å². The van der Waals surface area contributed by atoms with Gasteiger partial charge in [0.2, 0.25) is 5.91 Å². The van der Waals surface area contributed by atoms with Crippen molar-refractivity contribution in [2.24, 2.45) is 0 Å². The summed E-state index contributed by atoms with van der Waals surface area (Å²) < 4.78 is 0. The lowest BCUT2D eigenvalue weighted by Gasteiger charge is -2.16. The van der Waals surface area contributed by atoms with Crippen LogP contribution in [0.4, 0.5) is 0 Å². The number of hydrogen-bond donors (Lipinski definition) is 2. The minimum absolute atomic E-state index is 0.0600. The fourth-order valence-corrected chi connectivity index (χ4v) is 3.52. The molecular weight excluding hydrogens is 356 g/mol. The van der Waals surface area contributed by atoms with E-state index >= 15 is 0 Å². The lowest BCUT2D eigenvalue weighted by molar-refractivity contribution is -0.129. The van der Waals surface area contributed by atoms with Crippen LogP contribution in [0.3, 0.4) is 0 Å². The van der Waals surface area contributed by atoms with Crippen molar-refractivity contribution in [2.45, 2.75) is 18.8 Å². The molecule has 4 rings (SSSR count). The van der Waals surface area contributed by atoms with Crippen LogP contribution >= 0.6 is 0 Å². The van der Waals surface area contributed by atoms with E-state index < -0.39 is 0 Å². The average molecular weight is 376 g/mol. The van der Waals surface area contributed by atoms with Gasteiger partial charge in [0.15, 0.2) is 0 Å². The van der Waals surface area contributed by atoms with Crippen LogP contribution in [-0.4, -0.2) is 38.8 Å². The van der Waals surface area contributed by atoms with E-state index in [4.69, 9.17) is 0 Å². The summed E-state index contributed by atoms with van der Waals surface area (Å²) in [6.45, 7) is 1.12. The molecule has 0 aliphatic carbocycles. The Morgan fingerprint density at radius 2 is 1.96 bits per heavy atom. The maximum absolute atomic E-state index is 12.6. The van der Waals surface area contributed by atoms with Gasteiger partial charge in [-0.15, -0.1) is 0 Å². The quantitative estimate of drug-likeness (QED) is 0.724. The van der Waals surface area contributed by atoms with E-state index in [1.54, 1.807) is 17.0 Å². The molecule has 0 radical (unpaired) electrons. The van der Waals surface area contributed by atoms with E-state index in [1.165, 1.54) is 12.3 Å². The smallest absolute Gasteiger partial charge is 0.257 e. The van der Waals surface area contributed by atoms with Crippen molar-refractivity contribution in [3.8, 4) is 11.3 Å². The van der Waals surface area contributed by atoms with E-state index in [2.05, 4.69) is 15.0 Å². The maximum atomic E-state index is 12.6. The topological polar surface area (TPSA) is 98.9 Å². The van der Waals surface area contributed by atoms with Gasteiger partial charge in [-0.1, -0.05) is 30.3 Å². The Morgan fingerprint density at radius 1 is 1.14 bits per heavy atom. The molecule has 1 aliphatic rings. The molecule has 1 aliphatic heterocycles. The molecule has 0 saturated carbocycles. The number of rotatable bonds is 4. The van der Waals surface area contributed by atoms with Gasteiger partial charge in [0.25, 0.3) is 11.1 Å². The number of H-pyrrole nitrogens is 2. The number of pyridine rings is 1. The van der Waals surface area contributed by atoms with Gasteiger partial charge in [0, 0.05) is 31.3 Å². The van der Waals surface area contributed by atoms with Crippen LogP contribution in [0.2, 0.25) is 0 Å². The third-order valence-corrected chi connectivity index (χ3v) is 4.98. The summed E-state index contributed by atoms with van der Waals surface area (Å²) in [5.41, 5.74) is 1.07. The maximum Gasteiger partial charge on any atom is 0.257 e. The molecule has 7 heteroatoms. The lowest BCUT2D eigenvalue weighted by Crippen LogP contribution is -2.30. The second kappa shape index (κ2) is 7.64. The van der Waals surface area contributed by atoms with Crippen molar-refractivity contribution in [1.82, 2.24) is 19.9 Å². The summed E-state index contributed by atoms with van der Waals surface area (Å²) in [4.78, 5) is 48.4. The first kappa shape index (κ1) is 17.9. The fourth-order valence-electron chi connectivity index (χ4n) is 3.52. The molecule has 1 saturated heterocycles. The molecule has 7 nitrogen and oxygen atoms in total. The molecule has 142 valence electrons. The number of aromatic nitrogens is 3. The van der Waals surface area contributed by atoms with Crippen LogP contribution in [-0.2, 0) is 11.2 Å². The first-order valence-electron chi connectivity index (χ1n) is 9.21. The molecule has 28 heavy (non-hydrogen) atoms. The minimum Gasteiger partial charge on any atom is -0.342 e. The Morgan fingerprint density at radius 3 is 2.75 bits per heavy atom. The van der Waals surface area contributed by atoms with Gasteiger partial charge in [-0.2, -0.15) is 0 Å². The average Bonchev–Trinajstić information content (AvgIpc) is 3.19. The molecule has 2 aromatic heterocycles. The number of hydrogen-bond acceptors (Lipinski definition) is 4. The Bertz CT molecular complexity index is 1100. The number of nitrogens with zero attached hydrogens (tertiary/aromatic N) is 2. The van der Waals surface area contributed by atoms with Gasteiger partial charge in [-0.05, 0) is 24.1 Å². The molecule has 0 unspecified atom stereocenters. The van der Waals surface area contributed by atoms with Crippen LogP contribution < -0.4 is 11.1 Å². The molecular formula is C21H20N4O3. The summed E-state index contributed by atoms with van der Waals surface area (Å²) in [6.07, 6.45) is 2.61. The zero-order chi connectivity index (χ0) is 19.5. The highest BCUT2D eigenvalue weighted by Gasteiger charge is 2.29. The zero-order valence-corrected chi connectivity index (χ0v) is 15.2. The Balaban J connectivity index is 1.53. The van der Waals surface area contributed by atoms with Crippen molar-refractivity contribution >= 4 is 5.91 Å². The minimum atomic E-state index is -0.308. The molecule has 1 amide bonds. The predicted molar refractivity (Wildman–Crippen MR) is 105 cm³/mol. The molecule has 3 aromatic rings. The van der Waals surface area contributed by atoms with E-state index in [9.17, 15) is 14.4 Å². The second-order valence-electron chi connectivity index (χ2n) is 6.92. The van der Waals surface area contributed by atoms with Crippen LogP contribution in [0, 0.1) is 0 Å². The first-order chi connectivity index (χ1) is 13.6. The van der Waals surface area contributed by atoms with Crippen LogP contribution in [0.25, 0.3) is 11.3 Å². The highest BCUT2D eigenvalue weighted by molar-refractivity contribution is 5.79. The van der Waals surface area contributed by atoms with Crippen LogP contribution in [0.15, 0.2) is 64.3 Å². The Kier molecular flexibility index (Phi) is 4.89. The highest BCUT2D eigenvalue weighted by atomic mass is 16.2. The molecule has 1 atom stereocenters. The normalized spacial score (nSPS) is 16.3. The number of carbonyl (C=O) groups excluding carboxylic acids is 1. The summed E-state index contributed by atoms with van der Waals surface area (Å²) >= 11 is 0. The van der Waals surface area contributed by atoms with E-state index in [1.807, 2.05) is 30.3 Å². The largest absolute Gasteiger partial charge is 0.342 e. The van der Waals surface area contributed by atoms with Crippen molar-refractivity contribution in [3.63, 3.8) is 0 Å². The molecule has 2 N–H and O–H groups in total. The van der Waals surface area contributed by atoms with Crippen molar-refractivity contribution in [1.29, 1.82) is 0 Å². The summed E-state index contributed by atoms with van der Waals surface area (Å²) in [5, 5.41) is 0. The second-order valence-corrected chi connectivity index (χ2v) is 6.92. The van der Waals surface area contributed by atoms with Gasteiger partial charge >= 0.3 is 0 Å². The van der Waals surface area contributed by atoms with E-state index in [0.717, 1.165) is 12.0 Å². The SMILES string of the molecule is O=C(Cc1ccccc1)N1CC[C@H](c2nc(-c3ccc[nH]c3=O)cc(=O)[nH]2)C1. The molecule has 0 bridgehead atoms. The van der Waals surface area contributed by atoms with Crippen molar-refractivity contribution in [3.05, 3.63) is 86.8 Å². The van der Waals surface area contributed by atoms with Crippen LogP contribution in [0.5, 0.6) is 0 Å². The lowest BCUT2D eigenvalue weighted by atomic mass is 10.1. The Labute approximate surface area is 161 Å². The van der Waals surface area contributed by atoms with Gasteiger partial charge in [-0.25, -0.2) is 4.98 Å². The number of likely N-dealkylation sites (tertiary alicyclic amines) is 1. The van der Waals surface area contributed by atoms with Crippen LogP contribution in [0.1, 0.15) is 23.7 Å². The summed E-state index contributed by atoms with van der Waals surface area (Å²) in [5.74, 6) is 0.516. The van der Waals surface area contributed by atoms with E-state index in [-0.39, 0.29) is 22.9 Å². The van der Waals surface area contributed by atoms with Gasteiger partial charge in [-0.3, -0.25) is 14.4 Å². The standard InChI is InChI=1S/C21H20N4O3/c26-18-12-17(16-7-4-9-22-21(16)28)23-20(24-18)15-8-10-25(13-15)19(27)11-14-5-2-1-3-6-14/h1-7,9,12,15H,8,10-11,13H2,(H,22,28)(H,23,24,26)/t15-/m0/s1. The molecule has 3 heterocycles. The number of benzene rings is 1. The molecule has 0 spiro atoms. The Hall–Kier alpha value is -3.48. The number of amides is 1. The summed E-state index contributed by atoms with van der Waals surface area (Å²) in [7, 11) is 0. The van der Waals surface area contributed by atoms with Gasteiger partial charge < -0.3 is 14.9 Å². The monoisotopic (exact) mass is 376 g/mol. The number of nitrogens with one attached hydrogen (secondary N) is 2. The highest BCUT2D eigenvalue weighted by Crippen LogP contribution is 2.25. The first-order valence-corrected chi connectivity index (χ1v) is 9.21. The zero-order valence-electron chi connectivity index (χ0n) is 15.2. The number of carbonyl (C=O) groups is 1. The van der Waals surface area contributed by atoms with E-state index in [0.29, 0.717) is 36.6 Å². The van der Waals surface area contributed by atoms with Crippen molar-refractivity contribution in [2.75, 3.05) is 13.1 Å². The van der Waals surface area contributed by atoms with Crippen molar-refractivity contribution < 1.29 is 4.79 Å². The molecule has 1 aromatic carbocycles. The predicted octanol–water partition coefficient (Wildman–Crippen LogP) is 1.68. The van der Waals surface area contributed by atoms with Gasteiger partial charge in [0.05, 0.1) is 17.7 Å².